The summed E-state index contributed by atoms with van der Waals surface area (Å²) >= 11 is 12.8. The van der Waals surface area contributed by atoms with Crippen LogP contribution in [-0.2, 0) is 19.1 Å². The maximum absolute atomic E-state index is 14.1. The van der Waals surface area contributed by atoms with Gasteiger partial charge in [0.15, 0.2) is 0 Å². The van der Waals surface area contributed by atoms with Gasteiger partial charge in [0, 0.05) is 17.5 Å². The highest BCUT2D eigenvalue weighted by Gasteiger charge is 2.47. The number of halogens is 2. The van der Waals surface area contributed by atoms with Gasteiger partial charge in [-0.3, -0.25) is 19.4 Å². The summed E-state index contributed by atoms with van der Waals surface area (Å²) in [6.45, 7) is 12.7. The summed E-state index contributed by atoms with van der Waals surface area (Å²) < 4.78 is 4.63. The molecular weight excluding hydrogens is 537 g/mol. The van der Waals surface area contributed by atoms with E-state index >= 15 is 0 Å². The van der Waals surface area contributed by atoms with Gasteiger partial charge in [-0.25, -0.2) is 0 Å². The summed E-state index contributed by atoms with van der Waals surface area (Å²) in [5.41, 5.74) is 1.46. The van der Waals surface area contributed by atoms with Crippen molar-refractivity contribution >= 4 is 46.7 Å². The Morgan fingerprint density at radius 3 is 2.56 bits per heavy atom. The zero-order valence-electron chi connectivity index (χ0n) is 24.0. The van der Waals surface area contributed by atoms with Crippen molar-refractivity contribution in [3.8, 4) is 0 Å². The molecule has 0 spiro atoms. The molecule has 0 bridgehead atoms. The second kappa shape index (κ2) is 12.4. The third-order valence-corrected chi connectivity index (χ3v) is 8.10. The molecule has 3 rings (SSSR count). The first-order chi connectivity index (χ1) is 18.1. The number of rotatable bonds is 9. The van der Waals surface area contributed by atoms with E-state index in [9.17, 15) is 14.4 Å². The minimum absolute atomic E-state index is 0.0699. The third-order valence-electron chi connectivity index (χ3n) is 7.39. The van der Waals surface area contributed by atoms with Crippen molar-refractivity contribution in [2.75, 3.05) is 13.7 Å². The predicted molar refractivity (Wildman–Crippen MR) is 157 cm³/mol. The lowest BCUT2D eigenvalue weighted by Gasteiger charge is -2.39. The molecule has 4 unspecified atom stereocenters. The smallest absolute Gasteiger partial charge is 0.307 e. The van der Waals surface area contributed by atoms with Crippen LogP contribution < -0.4 is 5.32 Å². The number of nitrogens with one attached hydrogen (secondary N) is 1. The van der Waals surface area contributed by atoms with Gasteiger partial charge < -0.3 is 15.0 Å². The molecule has 7 nitrogen and oxygen atoms in total. The van der Waals surface area contributed by atoms with E-state index in [-0.39, 0.29) is 54.0 Å². The van der Waals surface area contributed by atoms with Crippen LogP contribution in [0.25, 0.3) is 0 Å². The van der Waals surface area contributed by atoms with Crippen molar-refractivity contribution in [2.45, 2.75) is 84.3 Å². The van der Waals surface area contributed by atoms with Crippen LogP contribution in [-0.4, -0.2) is 59.1 Å². The highest BCUT2D eigenvalue weighted by Crippen LogP contribution is 2.39. The van der Waals surface area contributed by atoms with Gasteiger partial charge in [0.05, 0.1) is 30.9 Å². The third kappa shape index (κ3) is 7.63. The molecule has 4 atom stereocenters. The number of alkyl halides is 1. The van der Waals surface area contributed by atoms with Crippen molar-refractivity contribution in [3.05, 3.63) is 46.6 Å². The Hall–Kier alpha value is -2.38. The summed E-state index contributed by atoms with van der Waals surface area (Å²) in [5.74, 6) is -1.15. The Morgan fingerprint density at radius 1 is 1.28 bits per heavy atom. The fourth-order valence-electron chi connectivity index (χ4n) is 5.16. The molecule has 0 aromatic rings. The van der Waals surface area contributed by atoms with Crippen LogP contribution in [0, 0.1) is 17.3 Å². The fourth-order valence-corrected chi connectivity index (χ4v) is 5.75. The molecular formula is C30H41Cl2N3O4. The van der Waals surface area contributed by atoms with Crippen molar-refractivity contribution in [1.29, 1.82) is 0 Å². The molecule has 2 aliphatic carbocycles. The number of carbonyl (C=O) groups is 3. The molecule has 1 N–H and O–H groups in total. The molecule has 9 heteroatoms. The summed E-state index contributed by atoms with van der Waals surface area (Å²) in [7, 11) is 1.32. The fraction of sp³-hybridized carbons (Fsp3) is 0.600. The SMILES string of the molecule is COC(=O)CCNC(=O)C1C=CC(C(CCC(C)(C)C)N2C(=O)C(C3=CC(Cl)C=C(Cl)C3C)=NC2(C)C)=CC1. The maximum atomic E-state index is 14.1. The number of amides is 2. The van der Waals surface area contributed by atoms with Crippen molar-refractivity contribution < 1.29 is 19.1 Å². The van der Waals surface area contributed by atoms with Gasteiger partial charge >= 0.3 is 5.97 Å². The molecule has 2 amide bonds. The topological polar surface area (TPSA) is 88.1 Å². The molecule has 1 heterocycles. The Bertz CT molecular complexity index is 1140. The van der Waals surface area contributed by atoms with Crippen LogP contribution in [0.2, 0.25) is 0 Å². The normalized spacial score (nSPS) is 25.4. The lowest BCUT2D eigenvalue weighted by atomic mass is 9.83. The number of nitrogens with zero attached hydrogens (tertiary/aromatic N) is 2. The first-order valence-corrected chi connectivity index (χ1v) is 14.4. The van der Waals surface area contributed by atoms with Gasteiger partial charge in [0.25, 0.3) is 5.91 Å². The number of ether oxygens (including phenoxy) is 1. The van der Waals surface area contributed by atoms with Crippen LogP contribution in [0.15, 0.2) is 51.6 Å². The van der Waals surface area contributed by atoms with E-state index in [1.807, 2.05) is 43.9 Å². The van der Waals surface area contributed by atoms with Gasteiger partial charge in [-0.1, -0.05) is 63.6 Å². The molecule has 1 aliphatic heterocycles. The van der Waals surface area contributed by atoms with Crippen LogP contribution in [0.3, 0.4) is 0 Å². The molecule has 214 valence electrons. The Kier molecular flexibility index (Phi) is 9.92. The summed E-state index contributed by atoms with van der Waals surface area (Å²) in [5, 5.41) is 3.01. The minimum atomic E-state index is -0.776. The zero-order chi connectivity index (χ0) is 29.1. The van der Waals surface area contributed by atoms with Crippen LogP contribution in [0.5, 0.6) is 0 Å². The number of carbonyl (C=O) groups excluding carboxylic acids is 3. The van der Waals surface area contributed by atoms with Crippen molar-refractivity contribution in [3.63, 3.8) is 0 Å². The number of aliphatic imine (C=N–C) groups is 1. The largest absolute Gasteiger partial charge is 0.469 e. The van der Waals surface area contributed by atoms with E-state index in [2.05, 4.69) is 36.9 Å². The van der Waals surface area contributed by atoms with E-state index in [0.29, 0.717) is 17.2 Å². The molecule has 39 heavy (non-hydrogen) atoms. The molecule has 0 aromatic carbocycles. The summed E-state index contributed by atoms with van der Waals surface area (Å²) in [4.78, 5) is 44.8. The highest BCUT2D eigenvalue weighted by atomic mass is 35.5. The second-order valence-electron chi connectivity index (χ2n) is 12.1. The molecule has 3 aliphatic rings. The number of esters is 1. The minimum Gasteiger partial charge on any atom is -0.469 e. The van der Waals surface area contributed by atoms with Gasteiger partial charge in [-0.2, -0.15) is 0 Å². The first-order valence-electron chi connectivity index (χ1n) is 13.5. The van der Waals surface area contributed by atoms with Crippen LogP contribution >= 0.6 is 23.2 Å². The number of hydrogen-bond donors (Lipinski definition) is 1. The summed E-state index contributed by atoms with van der Waals surface area (Å²) in [6, 6.07) is -0.218. The van der Waals surface area contributed by atoms with Gasteiger partial charge in [0.1, 0.15) is 11.4 Å². The predicted octanol–water partition coefficient (Wildman–Crippen LogP) is 5.69. The molecule has 0 aromatic heterocycles. The van der Waals surface area contributed by atoms with E-state index in [1.54, 1.807) is 6.08 Å². The standard InChI is InChI=1S/C30H41Cl2N3O4/c1-18-22(16-21(31)17-23(18)32)26-28(38)35(30(5,6)34-26)24(12-14-29(2,3)4)19-8-10-20(11-9-19)27(37)33-15-13-25(36)39-7/h8-10,16-18,20-21,24H,11-15H2,1-7H3,(H,33,37). The van der Waals surface area contributed by atoms with Gasteiger partial charge in [-0.05, 0) is 55.7 Å². The summed E-state index contributed by atoms with van der Waals surface area (Å²) in [6.07, 6.45) is 11.8. The van der Waals surface area contributed by atoms with Gasteiger partial charge in [0.2, 0.25) is 5.91 Å². The number of methoxy groups -OCH3 is 1. The highest BCUT2D eigenvalue weighted by molar-refractivity contribution is 6.48. The van der Waals surface area contributed by atoms with Crippen LogP contribution in [0.4, 0.5) is 0 Å². The maximum Gasteiger partial charge on any atom is 0.307 e. The lowest BCUT2D eigenvalue weighted by molar-refractivity contribution is -0.140. The molecule has 0 radical (unpaired) electrons. The average Bonchev–Trinajstić information content (AvgIpc) is 3.09. The molecule has 0 saturated heterocycles. The van der Waals surface area contributed by atoms with E-state index < -0.39 is 11.0 Å². The quantitative estimate of drug-likeness (QED) is 0.281. The number of hydrogen-bond acceptors (Lipinski definition) is 5. The first kappa shape index (κ1) is 31.2. The Balaban J connectivity index is 1.83. The number of allylic oxidation sites excluding steroid dienone is 4. The second-order valence-corrected chi connectivity index (χ2v) is 13.0. The zero-order valence-corrected chi connectivity index (χ0v) is 25.5. The van der Waals surface area contributed by atoms with Crippen LogP contribution in [0.1, 0.15) is 67.2 Å². The van der Waals surface area contributed by atoms with Crippen molar-refractivity contribution in [1.82, 2.24) is 10.2 Å². The Labute approximate surface area is 242 Å². The Morgan fingerprint density at radius 2 is 1.97 bits per heavy atom. The molecule has 0 saturated carbocycles. The van der Waals surface area contributed by atoms with Gasteiger partial charge in [-0.15, -0.1) is 11.6 Å². The lowest BCUT2D eigenvalue weighted by Crippen LogP contribution is -2.50. The monoisotopic (exact) mass is 577 g/mol. The van der Waals surface area contributed by atoms with E-state index in [1.165, 1.54) is 7.11 Å². The average molecular weight is 579 g/mol. The van der Waals surface area contributed by atoms with E-state index in [4.69, 9.17) is 28.2 Å². The molecule has 0 fully saturated rings. The van der Waals surface area contributed by atoms with E-state index in [0.717, 1.165) is 24.0 Å². The van der Waals surface area contributed by atoms with Crippen molar-refractivity contribution in [2.24, 2.45) is 22.2 Å².